The first-order valence-electron chi connectivity index (χ1n) is 6.38. The van der Waals surface area contributed by atoms with Gasteiger partial charge in [0.2, 0.25) is 0 Å². The minimum atomic E-state index is 0.660. The molecule has 2 rings (SSSR count). The van der Waals surface area contributed by atoms with Crippen LogP contribution in [0.2, 0.25) is 0 Å². The van der Waals surface area contributed by atoms with Crippen molar-refractivity contribution >= 4 is 17.0 Å². The molecule has 2 heterocycles. The van der Waals surface area contributed by atoms with Gasteiger partial charge < -0.3 is 5.32 Å². The lowest BCUT2D eigenvalue weighted by molar-refractivity contribution is 0.240. The van der Waals surface area contributed by atoms with Gasteiger partial charge in [-0.2, -0.15) is 11.3 Å². The fourth-order valence-electron chi connectivity index (χ4n) is 2.15. The van der Waals surface area contributed by atoms with Crippen molar-refractivity contribution in [2.24, 2.45) is 0 Å². The normalized spacial score (nSPS) is 18.0. The van der Waals surface area contributed by atoms with Crippen molar-refractivity contribution in [3.63, 3.8) is 0 Å². The summed E-state index contributed by atoms with van der Waals surface area (Å²) in [5.41, 5.74) is 2.71. The van der Waals surface area contributed by atoms with E-state index < -0.39 is 0 Å². The van der Waals surface area contributed by atoms with E-state index in [0.29, 0.717) is 6.04 Å². The molecule has 1 aliphatic rings. The average molecular weight is 250 g/mol. The smallest absolute Gasteiger partial charge is 0.0450 e. The Bertz CT molecular complexity index is 344. The molecule has 2 nitrogen and oxygen atoms in total. The zero-order valence-corrected chi connectivity index (χ0v) is 11.6. The lowest BCUT2D eigenvalue weighted by Crippen LogP contribution is -2.39. The molecule has 1 aliphatic heterocycles. The largest absolute Gasteiger partial charge is 0.382 e. The van der Waals surface area contributed by atoms with Crippen LogP contribution in [0.15, 0.2) is 28.5 Å². The number of anilines is 1. The van der Waals surface area contributed by atoms with E-state index in [1.54, 1.807) is 11.3 Å². The summed E-state index contributed by atoms with van der Waals surface area (Å²) in [6.07, 6.45) is 4.84. The average Bonchev–Trinajstić information content (AvgIpc) is 2.81. The van der Waals surface area contributed by atoms with Crippen LogP contribution in [-0.4, -0.2) is 30.6 Å². The third-order valence-electron chi connectivity index (χ3n) is 3.24. The zero-order chi connectivity index (χ0) is 12.1. The molecular formula is C14H22N2S. The van der Waals surface area contributed by atoms with Crippen molar-refractivity contribution in [1.82, 2.24) is 4.90 Å². The summed E-state index contributed by atoms with van der Waals surface area (Å²) < 4.78 is 0. The number of likely N-dealkylation sites (tertiary alicyclic amines) is 1. The summed E-state index contributed by atoms with van der Waals surface area (Å²) in [4.78, 5) is 2.54. The van der Waals surface area contributed by atoms with Crippen LogP contribution in [0.5, 0.6) is 0 Å². The Labute approximate surface area is 108 Å². The third kappa shape index (κ3) is 4.17. The molecule has 0 radical (unpaired) electrons. The van der Waals surface area contributed by atoms with Gasteiger partial charge in [-0.1, -0.05) is 11.6 Å². The molecule has 0 unspecified atom stereocenters. The number of nitrogens with one attached hydrogen (secondary N) is 1. The number of hydrogen-bond acceptors (Lipinski definition) is 3. The van der Waals surface area contributed by atoms with Crippen LogP contribution >= 0.6 is 11.3 Å². The van der Waals surface area contributed by atoms with E-state index in [4.69, 9.17) is 0 Å². The molecule has 0 amide bonds. The molecule has 3 heteroatoms. The molecule has 94 valence electrons. The molecule has 0 aliphatic carbocycles. The lowest BCUT2D eigenvalue weighted by Gasteiger charge is -2.32. The number of rotatable bonds is 4. The third-order valence-corrected chi connectivity index (χ3v) is 3.92. The summed E-state index contributed by atoms with van der Waals surface area (Å²) >= 11 is 1.76. The Kier molecular flexibility index (Phi) is 4.63. The van der Waals surface area contributed by atoms with E-state index in [1.165, 1.54) is 37.2 Å². The molecule has 1 aromatic rings. The van der Waals surface area contributed by atoms with Crippen LogP contribution in [-0.2, 0) is 0 Å². The topological polar surface area (TPSA) is 15.3 Å². The number of hydrogen-bond donors (Lipinski definition) is 1. The Hall–Kier alpha value is -0.800. The van der Waals surface area contributed by atoms with E-state index in [2.05, 4.69) is 47.0 Å². The van der Waals surface area contributed by atoms with Crippen molar-refractivity contribution in [3.8, 4) is 0 Å². The standard InChI is InChI=1S/C14H22N2S/c1-12(2)3-7-16-8-4-13(5-9-16)15-14-6-10-17-11-14/h3,6,10-11,13,15H,4-5,7-9H2,1-2H3. The molecule has 1 aromatic heterocycles. The second kappa shape index (κ2) is 6.22. The van der Waals surface area contributed by atoms with Gasteiger partial charge in [0, 0.05) is 36.7 Å². The molecule has 1 saturated heterocycles. The van der Waals surface area contributed by atoms with Crippen molar-refractivity contribution < 1.29 is 0 Å². The molecule has 0 saturated carbocycles. The van der Waals surface area contributed by atoms with Crippen molar-refractivity contribution in [2.45, 2.75) is 32.7 Å². The molecule has 0 aromatic carbocycles. The monoisotopic (exact) mass is 250 g/mol. The van der Waals surface area contributed by atoms with Crippen molar-refractivity contribution in [1.29, 1.82) is 0 Å². The van der Waals surface area contributed by atoms with Gasteiger partial charge in [-0.15, -0.1) is 0 Å². The summed E-state index contributed by atoms with van der Waals surface area (Å²) in [7, 11) is 0. The number of thiophene rings is 1. The predicted molar refractivity (Wildman–Crippen MR) is 76.8 cm³/mol. The maximum absolute atomic E-state index is 3.61. The fraction of sp³-hybridized carbons (Fsp3) is 0.571. The van der Waals surface area contributed by atoms with Gasteiger partial charge in [0.05, 0.1) is 0 Å². The molecule has 0 spiro atoms. The molecule has 0 atom stereocenters. The first kappa shape index (κ1) is 12.7. The summed E-state index contributed by atoms with van der Waals surface area (Å²) in [6, 6.07) is 2.83. The van der Waals surface area contributed by atoms with E-state index in [1.807, 2.05) is 0 Å². The van der Waals surface area contributed by atoms with Crippen LogP contribution < -0.4 is 5.32 Å². The minimum Gasteiger partial charge on any atom is -0.382 e. The van der Waals surface area contributed by atoms with E-state index in [0.717, 1.165) is 6.54 Å². The van der Waals surface area contributed by atoms with Crippen LogP contribution in [0, 0.1) is 0 Å². The molecule has 17 heavy (non-hydrogen) atoms. The maximum atomic E-state index is 3.61. The lowest BCUT2D eigenvalue weighted by atomic mass is 10.0. The van der Waals surface area contributed by atoms with E-state index in [-0.39, 0.29) is 0 Å². The highest BCUT2D eigenvalue weighted by Gasteiger charge is 2.17. The van der Waals surface area contributed by atoms with Gasteiger partial charge in [-0.3, -0.25) is 4.90 Å². The highest BCUT2D eigenvalue weighted by Crippen LogP contribution is 2.18. The predicted octanol–water partition coefficient (Wildman–Crippen LogP) is 3.59. The number of piperidine rings is 1. The molecule has 1 N–H and O–H groups in total. The number of nitrogens with zero attached hydrogens (tertiary/aromatic N) is 1. The second-order valence-corrected chi connectivity index (χ2v) is 5.79. The summed E-state index contributed by atoms with van der Waals surface area (Å²) in [5, 5.41) is 7.94. The summed E-state index contributed by atoms with van der Waals surface area (Å²) in [5.74, 6) is 0. The fourth-order valence-corrected chi connectivity index (χ4v) is 2.75. The first-order chi connectivity index (χ1) is 8.24. The van der Waals surface area contributed by atoms with Gasteiger partial charge in [-0.05, 0) is 38.1 Å². The van der Waals surface area contributed by atoms with Crippen LogP contribution in [0.1, 0.15) is 26.7 Å². The van der Waals surface area contributed by atoms with Gasteiger partial charge >= 0.3 is 0 Å². The maximum Gasteiger partial charge on any atom is 0.0450 e. The zero-order valence-electron chi connectivity index (χ0n) is 10.8. The quantitative estimate of drug-likeness (QED) is 0.822. The van der Waals surface area contributed by atoms with Crippen molar-refractivity contribution in [3.05, 3.63) is 28.5 Å². The molecule has 1 fully saturated rings. The molecule has 0 bridgehead atoms. The van der Waals surface area contributed by atoms with Crippen molar-refractivity contribution in [2.75, 3.05) is 25.0 Å². The molecular weight excluding hydrogens is 228 g/mol. The van der Waals surface area contributed by atoms with E-state index in [9.17, 15) is 0 Å². The van der Waals surface area contributed by atoms with Crippen LogP contribution in [0.4, 0.5) is 5.69 Å². The second-order valence-electron chi connectivity index (χ2n) is 5.01. The van der Waals surface area contributed by atoms with Crippen LogP contribution in [0.25, 0.3) is 0 Å². The number of allylic oxidation sites excluding steroid dienone is 1. The van der Waals surface area contributed by atoms with Gasteiger partial charge in [0.25, 0.3) is 0 Å². The highest BCUT2D eigenvalue weighted by molar-refractivity contribution is 7.08. The first-order valence-corrected chi connectivity index (χ1v) is 7.33. The minimum absolute atomic E-state index is 0.660. The Morgan fingerprint density at radius 2 is 2.24 bits per heavy atom. The van der Waals surface area contributed by atoms with Gasteiger partial charge in [0.1, 0.15) is 0 Å². The Morgan fingerprint density at radius 1 is 1.47 bits per heavy atom. The summed E-state index contributed by atoms with van der Waals surface area (Å²) in [6.45, 7) is 7.89. The van der Waals surface area contributed by atoms with Crippen LogP contribution in [0.3, 0.4) is 0 Å². The van der Waals surface area contributed by atoms with Gasteiger partial charge in [-0.25, -0.2) is 0 Å². The Balaban J connectivity index is 1.72. The van der Waals surface area contributed by atoms with Gasteiger partial charge in [0.15, 0.2) is 0 Å². The highest BCUT2D eigenvalue weighted by atomic mass is 32.1. The Morgan fingerprint density at radius 3 is 2.82 bits per heavy atom. The SMILES string of the molecule is CC(C)=CCN1CCC(Nc2ccsc2)CC1. The van der Waals surface area contributed by atoms with E-state index >= 15 is 0 Å².